The largest absolute Gasteiger partial charge is 0.457 e. The van der Waals surface area contributed by atoms with Crippen molar-refractivity contribution in [3.05, 3.63) is 158 Å². The van der Waals surface area contributed by atoms with E-state index >= 15 is 0 Å². The van der Waals surface area contributed by atoms with E-state index in [0.29, 0.717) is 11.5 Å². The number of amides is 2. The number of aromatic amines is 2. The summed E-state index contributed by atoms with van der Waals surface area (Å²) in [7, 11) is 0. The van der Waals surface area contributed by atoms with Gasteiger partial charge in [0.1, 0.15) is 23.1 Å². The second-order valence-electron chi connectivity index (χ2n) is 13.0. The van der Waals surface area contributed by atoms with Crippen LogP contribution in [0.15, 0.2) is 158 Å². The molecule has 4 N–H and O–H groups in total. The highest BCUT2D eigenvalue weighted by Crippen LogP contribution is 2.37. The minimum atomic E-state index is -0.116. The van der Waals surface area contributed by atoms with Crippen molar-refractivity contribution in [3.63, 3.8) is 0 Å². The third-order valence-electron chi connectivity index (χ3n) is 8.98. The molecule has 0 bridgehead atoms. The van der Waals surface area contributed by atoms with Crippen LogP contribution in [0.2, 0.25) is 0 Å². The van der Waals surface area contributed by atoms with Gasteiger partial charge >= 0.3 is 0 Å². The van der Waals surface area contributed by atoms with Crippen LogP contribution in [-0.2, 0) is 9.59 Å². The smallest absolute Gasteiger partial charge is 0.221 e. The number of carbonyl (C=O) groups excluding carboxylic acids is 2. The number of hydrogen-bond acceptors (Lipinski definition) is 5. The summed E-state index contributed by atoms with van der Waals surface area (Å²) in [5.74, 6) is 2.61. The molecule has 0 aliphatic heterocycles. The number of rotatable bonds is 10. The van der Waals surface area contributed by atoms with Crippen LogP contribution in [0.1, 0.15) is 13.8 Å². The first-order valence-corrected chi connectivity index (χ1v) is 17.8. The van der Waals surface area contributed by atoms with Crippen LogP contribution >= 0.6 is 0 Å². The van der Waals surface area contributed by atoms with Crippen molar-refractivity contribution >= 4 is 23.2 Å². The molecule has 0 atom stereocenters. The lowest BCUT2D eigenvalue weighted by molar-refractivity contribution is -0.115. The molecule has 0 aliphatic carbocycles. The zero-order chi connectivity index (χ0) is 37.7. The molecule has 8 rings (SSSR count). The van der Waals surface area contributed by atoms with E-state index in [1.165, 1.54) is 13.8 Å². The summed E-state index contributed by atoms with van der Waals surface area (Å²) < 4.78 is 6.30. The Balaban J connectivity index is 1.04. The number of H-pyrrole nitrogens is 2. The highest BCUT2D eigenvalue weighted by Gasteiger charge is 2.18. The first-order valence-electron chi connectivity index (χ1n) is 17.8. The first kappa shape index (κ1) is 34.6. The van der Waals surface area contributed by atoms with Crippen molar-refractivity contribution in [2.24, 2.45) is 0 Å². The number of carbonyl (C=O) groups is 2. The number of nitrogens with one attached hydrogen (secondary N) is 4. The third kappa shape index (κ3) is 7.81. The molecule has 55 heavy (non-hydrogen) atoms. The van der Waals surface area contributed by atoms with E-state index in [2.05, 4.69) is 32.7 Å². The van der Waals surface area contributed by atoms with E-state index in [4.69, 9.17) is 14.7 Å². The fraction of sp³-hybridized carbons (Fsp3) is 0.0435. The lowest BCUT2D eigenvalue weighted by Gasteiger charge is -2.09. The van der Waals surface area contributed by atoms with Gasteiger partial charge in [0.05, 0.1) is 22.8 Å². The topological polar surface area (TPSA) is 125 Å². The van der Waals surface area contributed by atoms with Gasteiger partial charge in [0.15, 0.2) is 0 Å². The molecule has 6 aromatic carbocycles. The molecule has 0 unspecified atom stereocenters. The van der Waals surface area contributed by atoms with E-state index in [-0.39, 0.29) is 11.8 Å². The van der Waals surface area contributed by atoms with Crippen LogP contribution in [0.5, 0.6) is 11.5 Å². The average Bonchev–Trinajstić information content (AvgIpc) is 3.86. The van der Waals surface area contributed by atoms with Crippen LogP contribution < -0.4 is 15.4 Å². The molecule has 268 valence electrons. The fourth-order valence-electron chi connectivity index (χ4n) is 6.39. The average molecular weight is 721 g/mol. The van der Waals surface area contributed by atoms with Gasteiger partial charge in [-0.05, 0) is 97.1 Å². The lowest BCUT2D eigenvalue weighted by atomic mass is 10.0. The highest BCUT2D eigenvalue weighted by atomic mass is 16.5. The Morgan fingerprint density at radius 3 is 1.20 bits per heavy atom. The van der Waals surface area contributed by atoms with Gasteiger partial charge in [0, 0.05) is 58.6 Å². The van der Waals surface area contributed by atoms with Crippen molar-refractivity contribution in [1.82, 2.24) is 19.9 Å². The lowest BCUT2D eigenvalue weighted by Crippen LogP contribution is -2.05. The minimum absolute atomic E-state index is 0.116. The van der Waals surface area contributed by atoms with Gasteiger partial charge in [-0.3, -0.25) is 9.59 Å². The molecule has 0 radical (unpaired) electrons. The van der Waals surface area contributed by atoms with Crippen molar-refractivity contribution in [2.45, 2.75) is 13.8 Å². The third-order valence-corrected chi connectivity index (χ3v) is 8.98. The first-order chi connectivity index (χ1) is 26.9. The molecule has 0 spiro atoms. The van der Waals surface area contributed by atoms with E-state index in [9.17, 15) is 9.59 Å². The molecule has 2 amide bonds. The van der Waals surface area contributed by atoms with Gasteiger partial charge < -0.3 is 25.3 Å². The van der Waals surface area contributed by atoms with E-state index in [1.54, 1.807) is 0 Å². The maximum Gasteiger partial charge on any atom is 0.221 e. The second-order valence-corrected chi connectivity index (χ2v) is 13.0. The fourth-order valence-corrected chi connectivity index (χ4v) is 6.39. The normalized spacial score (nSPS) is 10.9. The molecule has 0 saturated heterocycles. The van der Waals surface area contributed by atoms with E-state index < -0.39 is 0 Å². The van der Waals surface area contributed by atoms with Gasteiger partial charge in [-0.25, -0.2) is 9.97 Å². The maximum absolute atomic E-state index is 11.5. The molecule has 2 aromatic heterocycles. The molecule has 8 aromatic rings. The van der Waals surface area contributed by atoms with E-state index in [1.807, 2.05) is 146 Å². The predicted molar refractivity (Wildman–Crippen MR) is 218 cm³/mol. The molecule has 0 fully saturated rings. The van der Waals surface area contributed by atoms with Gasteiger partial charge in [0.2, 0.25) is 11.8 Å². The van der Waals surface area contributed by atoms with Crippen LogP contribution in [0.4, 0.5) is 11.4 Å². The summed E-state index contributed by atoms with van der Waals surface area (Å²) >= 11 is 0. The van der Waals surface area contributed by atoms with Crippen molar-refractivity contribution in [1.29, 1.82) is 0 Å². The minimum Gasteiger partial charge on any atom is -0.457 e. The Labute approximate surface area is 318 Å². The summed E-state index contributed by atoms with van der Waals surface area (Å²) in [6, 6.07) is 51.3. The molecule has 9 heteroatoms. The monoisotopic (exact) mass is 720 g/mol. The standard InChI is InChI=1S/C46H36N6O3/c1-29(53)47-37-21-13-35(14-22-37)45-49-41(31-9-5-3-6-10-31)43(51-45)33-17-25-39(26-18-33)55-40-27-19-34(20-28-40)44-42(32-11-7-4-8-12-32)50-46(52-44)36-15-23-38(24-16-36)48-30(2)54/h3-28H,1-2H3,(H,47,53)(H,48,54)(H,49,51)(H,50,52). The van der Waals surface area contributed by atoms with Gasteiger partial charge in [-0.1, -0.05) is 60.7 Å². The zero-order valence-corrected chi connectivity index (χ0v) is 30.1. The summed E-state index contributed by atoms with van der Waals surface area (Å²) in [4.78, 5) is 40.1. The number of ether oxygens (including phenoxy) is 1. The van der Waals surface area contributed by atoms with Crippen molar-refractivity contribution in [3.8, 4) is 79.3 Å². The Morgan fingerprint density at radius 2 is 0.782 bits per heavy atom. The summed E-state index contributed by atoms with van der Waals surface area (Å²) in [6.07, 6.45) is 0. The zero-order valence-electron chi connectivity index (χ0n) is 30.1. The van der Waals surface area contributed by atoms with Gasteiger partial charge in [-0.2, -0.15) is 0 Å². The van der Waals surface area contributed by atoms with Crippen LogP contribution in [0.25, 0.3) is 67.8 Å². The summed E-state index contributed by atoms with van der Waals surface area (Å²) in [5.41, 5.74) is 10.6. The number of anilines is 2. The number of imidazole rings is 2. The summed E-state index contributed by atoms with van der Waals surface area (Å²) in [5, 5.41) is 5.62. The SMILES string of the molecule is CC(=O)Nc1ccc(-c2nc(-c3ccc(Oc4ccc(-c5[nH]c(-c6ccc(NC(C)=O)cc6)nc5-c5ccccc5)cc4)cc3)c(-c3ccccc3)[nH]2)cc1. The number of hydrogen-bond donors (Lipinski definition) is 4. The number of nitrogens with zero attached hydrogens (tertiary/aromatic N) is 2. The Kier molecular flexibility index (Phi) is 9.56. The molecular weight excluding hydrogens is 685 g/mol. The second kappa shape index (κ2) is 15.2. The van der Waals surface area contributed by atoms with Crippen molar-refractivity contribution in [2.75, 3.05) is 10.6 Å². The molecule has 0 saturated carbocycles. The Hall–Kier alpha value is -7.52. The number of benzene rings is 6. The van der Waals surface area contributed by atoms with Crippen LogP contribution in [0.3, 0.4) is 0 Å². The quantitative estimate of drug-likeness (QED) is 0.112. The molecule has 2 heterocycles. The Morgan fingerprint density at radius 1 is 0.436 bits per heavy atom. The molecular formula is C46H36N6O3. The predicted octanol–water partition coefficient (Wildman–Crippen LogP) is 10.8. The maximum atomic E-state index is 11.5. The van der Waals surface area contributed by atoms with Crippen LogP contribution in [0, 0.1) is 0 Å². The van der Waals surface area contributed by atoms with Crippen molar-refractivity contribution < 1.29 is 14.3 Å². The van der Waals surface area contributed by atoms with Crippen LogP contribution in [-0.4, -0.2) is 31.8 Å². The molecule has 0 aliphatic rings. The Bertz CT molecular complexity index is 2390. The molecule has 9 nitrogen and oxygen atoms in total. The van der Waals surface area contributed by atoms with E-state index in [0.717, 1.165) is 79.2 Å². The van der Waals surface area contributed by atoms with Gasteiger partial charge in [0.25, 0.3) is 0 Å². The highest BCUT2D eigenvalue weighted by molar-refractivity contribution is 5.90. The summed E-state index contributed by atoms with van der Waals surface area (Å²) in [6.45, 7) is 2.98. The number of aromatic nitrogens is 4. The van der Waals surface area contributed by atoms with Gasteiger partial charge in [-0.15, -0.1) is 0 Å².